The molecule has 0 saturated heterocycles. The second-order valence-electron chi connectivity index (χ2n) is 7.25. The van der Waals surface area contributed by atoms with E-state index in [0.29, 0.717) is 5.13 Å². The zero-order valence-corrected chi connectivity index (χ0v) is 16.8. The number of benzene rings is 1. The summed E-state index contributed by atoms with van der Waals surface area (Å²) in [7, 11) is 0. The molecule has 144 valence electrons. The average Bonchev–Trinajstić information content (AvgIpc) is 3.01. The zero-order chi connectivity index (χ0) is 19.4. The van der Waals surface area contributed by atoms with Gasteiger partial charge in [0.2, 0.25) is 11.8 Å². The monoisotopic (exact) mass is 386 g/mol. The smallest absolute Gasteiger partial charge is 0.248 e. The van der Waals surface area contributed by atoms with Crippen molar-refractivity contribution in [3.05, 3.63) is 46.5 Å². The quantitative estimate of drug-likeness (QED) is 0.801. The van der Waals surface area contributed by atoms with E-state index in [1.807, 2.05) is 19.9 Å². The first-order chi connectivity index (χ1) is 12.9. The van der Waals surface area contributed by atoms with Gasteiger partial charge < -0.3 is 10.6 Å². The molecule has 3 rings (SSSR count). The molecule has 1 unspecified atom stereocenters. The Morgan fingerprint density at radius 2 is 2.00 bits per heavy atom. The van der Waals surface area contributed by atoms with Gasteiger partial charge in [0.25, 0.3) is 0 Å². The van der Waals surface area contributed by atoms with Crippen molar-refractivity contribution in [3.8, 4) is 0 Å². The van der Waals surface area contributed by atoms with E-state index in [9.17, 15) is 9.59 Å². The first-order valence-corrected chi connectivity index (χ1v) is 10.1. The van der Waals surface area contributed by atoms with Crippen molar-refractivity contribution in [2.45, 2.75) is 46.3 Å². The van der Waals surface area contributed by atoms with E-state index < -0.39 is 6.04 Å². The Morgan fingerprint density at radius 1 is 1.26 bits per heavy atom. The molecule has 7 heteroatoms. The van der Waals surface area contributed by atoms with Crippen LogP contribution in [-0.2, 0) is 29.1 Å². The van der Waals surface area contributed by atoms with Gasteiger partial charge in [0.15, 0.2) is 5.13 Å². The standard InChI is InChI=1S/C20H26N4O2S/c1-13(2)18(21-14(3)25)19(26)23-20-22-16-9-10-24(12-17(16)27-20)11-15-7-5-4-6-8-15/h4-8,13,18H,9-12H2,1-3H3,(H,21,25)(H,22,23,26). The van der Waals surface area contributed by atoms with Gasteiger partial charge >= 0.3 is 0 Å². The van der Waals surface area contributed by atoms with E-state index in [4.69, 9.17) is 0 Å². The highest BCUT2D eigenvalue weighted by atomic mass is 32.1. The number of rotatable bonds is 6. The molecule has 1 aliphatic heterocycles. The highest BCUT2D eigenvalue weighted by Crippen LogP contribution is 2.29. The Balaban J connectivity index is 1.64. The molecule has 2 amide bonds. The first-order valence-electron chi connectivity index (χ1n) is 9.25. The predicted octanol–water partition coefficient (Wildman–Crippen LogP) is 2.80. The molecule has 2 N–H and O–H groups in total. The highest BCUT2D eigenvalue weighted by Gasteiger charge is 2.26. The van der Waals surface area contributed by atoms with Crippen LogP contribution in [-0.4, -0.2) is 34.3 Å². The molecular formula is C20H26N4O2S. The summed E-state index contributed by atoms with van der Waals surface area (Å²) >= 11 is 1.53. The maximum Gasteiger partial charge on any atom is 0.248 e. The predicted molar refractivity (Wildman–Crippen MR) is 107 cm³/mol. The third-order valence-corrected chi connectivity index (χ3v) is 5.60. The Morgan fingerprint density at radius 3 is 2.67 bits per heavy atom. The lowest BCUT2D eigenvalue weighted by molar-refractivity contribution is -0.126. The zero-order valence-electron chi connectivity index (χ0n) is 16.0. The number of nitrogens with zero attached hydrogens (tertiary/aromatic N) is 2. The van der Waals surface area contributed by atoms with Crippen LogP contribution >= 0.6 is 11.3 Å². The lowest BCUT2D eigenvalue weighted by Crippen LogP contribution is -2.46. The number of carbonyl (C=O) groups excluding carboxylic acids is 2. The molecule has 0 fully saturated rings. The van der Waals surface area contributed by atoms with Crippen LogP contribution < -0.4 is 10.6 Å². The Hall–Kier alpha value is -2.25. The highest BCUT2D eigenvalue weighted by molar-refractivity contribution is 7.15. The van der Waals surface area contributed by atoms with E-state index in [-0.39, 0.29) is 17.7 Å². The molecule has 1 atom stereocenters. The van der Waals surface area contributed by atoms with Crippen molar-refractivity contribution >= 4 is 28.3 Å². The van der Waals surface area contributed by atoms with Crippen molar-refractivity contribution in [3.63, 3.8) is 0 Å². The van der Waals surface area contributed by atoms with Crippen LogP contribution in [0.15, 0.2) is 30.3 Å². The van der Waals surface area contributed by atoms with Crippen molar-refractivity contribution in [2.24, 2.45) is 5.92 Å². The minimum absolute atomic E-state index is 0.00449. The summed E-state index contributed by atoms with van der Waals surface area (Å²) in [4.78, 5) is 32.1. The molecule has 6 nitrogen and oxygen atoms in total. The molecule has 0 aliphatic carbocycles. The number of hydrogen-bond donors (Lipinski definition) is 2. The van der Waals surface area contributed by atoms with E-state index in [0.717, 1.165) is 31.7 Å². The molecule has 27 heavy (non-hydrogen) atoms. The van der Waals surface area contributed by atoms with Crippen molar-refractivity contribution in [1.82, 2.24) is 15.2 Å². The van der Waals surface area contributed by atoms with Crippen LogP contribution in [0.4, 0.5) is 5.13 Å². The van der Waals surface area contributed by atoms with Crippen LogP contribution in [0.1, 0.15) is 36.9 Å². The minimum Gasteiger partial charge on any atom is -0.344 e. The van der Waals surface area contributed by atoms with Gasteiger partial charge in [-0.15, -0.1) is 11.3 Å². The minimum atomic E-state index is -0.557. The summed E-state index contributed by atoms with van der Waals surface area (Å²) < 4.78 is 0. The number of nitrogens with one attached hydrogen (secondary N) is 2. The molecule has 0 radical (unpaired) electrons. The van der Waals surface area contributed by atoms with Gasteiger partial charge in [-0.3, -0.25) is 14.5 Å². The lowest BCUT2D eigenvalue weighted by atomic mass is 10.0. The maximum absolute atomic E-state index is 12.5. The number of hydrogen-bond acceptors (Lipinski definition) is 5. The summed E-state index contributed by atoms with van der Waals surface area (Å²) in [5.41, 5.74) is 2.37. The van der Waals surface area contributed by atoms with Crippen molar-refractivity contribution < 1.29 is 9.59 Å². The molecule has 2 heterocycles. The lowest BCUT2D eigenvalue weighted by Gasteiger charge is -2.25. The van der Waals surface area contributed by atoms with Crippen molar-refractivity contribution in [2.75, 3.05) is 11.9 Å². The molecule has 1 aliphatic rings. The Kier molecular flexibility index (Phi) is 6.23. The molecule has 1 aromatic carbocycles. The third-order valence-electron chi connectivity index (χ3n) is 4.60. The number of aromatic nitrogens is 1. The molecule has 0 spiro atoms. The van der Waals surface area contributed by atoms with Gasteiger partial charge in [-0.1, -0.05) is 44.2 Å². The summed E-state index contributed by atoms with van der Waals surface area (Å²) in [5.74, 6) is -0.420. The summed E-state index contributed by atoms with van der Waals surface area (Å²) in [6.45, 7) is 7.96. The summed E-state index contributed by atoms with van der Waals surface area (Å²) in [5, 5.41) is 6.21. The summed E-state index contributed by atoms with van der Waals surface area (Å²) in [6.07, 6.45) is 0.883. The fourth-order valence-electron chi connectivity index (χ4n) is 3.22. The van der Waals surface area contributed by atoms with E-state index in [1.54, 1.807) is 0 Å². The van der Waals surface area contributed by atoms with Crippen molar-refractivity contribution in [1.29, 1.82) is 0 Å². The average molecular weight is 387 g/mol. The Bertz CT molecular complexity index is 804. The molecule has 0 saturated carbocycles. The van der Waals surface area contributed by atoms with Crippen LogP contribution in [0.5, 0.6) is 0 Å². The number of amides is 2. The van der Waals surface area contributed by atoms with E-state index in [2.05, 4.69) is 44.8 Å². The molecule has 0 bridgehead atoms. The van der Waals surface area contributed by atoms with Gasteiger partial charge in [-0.25, -0.2) is 4.98 Å². The van der Waals surface area contributed by atoms with E-state index in [1.165, 1.54) is 28.7 Å². The van der Waals surface area contributed by atoms with E-state index >= 15 is 0 Å². The molecule has 2 aromatic rings. The van der Waals surface area contributed by atoms with Crippen LogP contribution in [0.3, 0.4) is 0 Å². The number of anilines is 1. The maximum atomic E-state index is 12.5. The fraction of sp³-hybridized carbons (Fsp3) is 0.450. The van der Waals surface area contributed by atoms with Crippen LogP contribution in [0, 0.1) is 5.92 Å². The van der Waals surface area contributed by atoms with Crippen LogP contribution in [0.25, 0.3) is 0 Å². The second kappa shape index (κ2) is 8.63. The number of thiazole rings is 1. The van der Waals surface area contributed by atoms with Gasteiger partial charge in [-0.05, 0) is 11.5 Å². The normalized spacial score (nSPS) is 15.3. The summed E-state index contributed by atoms with van der Waals surface area (Å²) in [6, 6.07) is 9.87. The SMILES string of the molecule is CC(=O)NC(C(=O)Nc1nc2c(s1)CN(Cc1ccccc1)CC2)C(C)C. The fourth-order valence-corrected chi connectivity index (χ4v) is 4.27. The second-order valence-corrected chi connectivity index (χ2v) is 8.33. The largest absolute Gasteiger partial charge is 0.344 e. The first kappa shape index (κ1) is 19.5. The van der Waals surface area contributed by atoms with Gasteiger partial charge in [-0.2, -0.15) is 0 Å². The van der Waals surface area contributed by atoms with Gasteiger partial charge in [0.1, 0.15) is 6.04 Å². The number of fused-ring (bicyclic) bond motifs is 1. The molecule has 1 aromatic heterocycles. The number of carbonyl (C=O) groups is 2. The molecular weight excluding hydrogens is 360 g/mol. The van der Waals surface area contributed by atoms with Crippen LogP contribution in [0.2, 0.25) is 0 Å². The Labute approximate surface area is 164 Å². The van der Waals surface area contributed by atoms with Gasteiger partial charge in [0, 0.05) is 37.9 Å². The third kappa shape index (κ3) is 5.14. The van der Waals surface area contributed by atoms with Gasteiger partial charge in [0.05, 0.1) is 5.69 Å². The topological polar surface area (TPSA) is 74.3 Å².